The molecule has 1 saturated heterocycles. The van der Waals surface area contributed by atoms with E-state index in [-0.39, 0.29) is 30.3 Å². The van der Waals surface area contributed by atoms with Crippen molar-refractivity contribution in [3.05, 3.63) is 59.4 Å². The van der Waals surface area contributed by atoms with Gasteiger partial charge in [-0.25, -0.2) is 4.39 Å². The summed E-state index contributed by atoms with van der Waals surface area (Å²) in [6.45, 7) is 4.40. The number of ether oxygens (including phenoxy) is 2. The summed E-state index contributed by atoms with van der Waals surface area (Å²) in [7, 11) is 3.15. The van der Waals surface area contributed by atoms with Gasteiger partial charge in [0, 0.05) is 36.2 Å². The average molecular weight is 414 g/mol. The Bertz CT molecular complexity index is 914. The van der Waals surface area contributed by atoms with Crippen LogP contribution < -0.4 is 14.8 Å². The molecule has 0 saturated carbocycles. The number of likely N-dealkylation sites (tertiary alicyclic amines) is 1. The van der Waals surface area contributed by atoms with Crippen LogP contribution in [-0.2, 0) is 4.79 Å². The third kappa shape index (κ3) is 4.56. The van der Waals surface area contributed by atoms with Gasteiger partial charge in [-0.15, -0.1) is 0 Å². The fourth-order valence-electron chi connectivity index (χ4n) is 3.85. The van der Waals surface area contributed by atoms with Crippen LogP contribution in [0.2, 0.25) is 0 Å². The lowest BCUT2D eigenvalue weighted by Crippen LogP contribution is -2.39. The fourth-order valence-corrected chi connectivity index (χ4v) is 3.85. The van der Waals surface area contributed by atoms with E-state index in [1.54, 1.807) is 31.3 Å². The quantitative estimate of drug-likeness (QED) is 0.788. The highest BCUT2D eigenvalue weighted by molar-refractivity contribution is 5.95. The summed E-state index contributed by atoms with van der Waals surface area (Å²) in [5.41, 5.74) is 1.20. The SMILES string of the molecule is COc1ccc(OC)c([C@@H]2CN(C(=O)c3ccc(F)cc3)C[C@@H]2C(=O)NC(C)C)c1. The van der Waals surface area contributed by atoms with Crippen molar-refractivity contribution in [3.63, 3.8) is 0 Å². The first-order valence-corrected chi connectivity index (χ1v) is 9.91. The summed E-state index contributed by atoms with van der Waals surface area (Å²) in [6.07, 6.45) is 0. The Morgan fingerprint density at radius 3 is 2.37 bits per heavy atom. The van der Waals surface area contributed by atoms with Gasteiger partial charge < -0.3 is 19.7 Å². The Morgan fingerprint density at radius 2 is 1.77 bits per heavy atom. The van der Waals surface area contributed by atoms with Crippen molar-refractivity contribution in [2.75, 3.05) is 27.3 Å². The predicted octanol–water partition coefficient (Wildman–Crippen LogP) is 3.22. The van der Waals surface area contributed by atoms with Gasteiger partial charge in [-0.1, -0.05) is 0 Å². The van der Waals surface area contributed by atoms with Gasteiger partial charge in [-0.3, -0.25) is 9.59 Å². The van der Waals surface area contributed by atoms with Gasteiger partial charge in [0.2, 0.25) is 5.91 Å². The monoisotopic (exact) mass is 414 g/mol. The fraction of sp³-hybridized carbons (Fsp3) is 0.391. The molecular weight excluding hydrogens is 387 g/mol. The lowest BCUT2D eigenvalue weighted by Gasteiger charge is -2.22. The van der Waals surface area contributed by atoms with E-state index in [0.29, 0.717) is 23.6 Å². The number of rotatable bonds is 6. The van der Waals surface area contributed by atoms with E-state index in [4.69, 9.17) is 9.47 Å². The minimum atomic E-state index is -0.446. The molecule has 0 spiro atoms. The third-order valence-corrected chi connectivity index (χ3v) is 5.30. The van der Waals surface area contributed by atoms with E-state index in [1.807, 2.05) is 19.9 Å². The number of carbonyl (C=O) groups is 2. The average Bonchev–Trinajstić information content (AvgIpc) is 3.18. The van der Waals surface area contributed by atoms with Crippen LogP contribution in [0.15, 0.2) is 42.5 Å². The van der Waals surface area contributed by atoms with Crippen molar-refractivity contribution in [1.82, 2.24) is 10.2 Å². The lowest BCUT2D eigenvalue weighted by atomic mass is 9.87. The molecule has 30 heavy (non-hydrogen) atoms. The topological polar surface area (TPSA) is 67.9 Å². The zero-order valence-electron chi connectivity index (χ0n) is 17.6. The van der Waals surface area contributed by atoms with Crippen molar-refractivity contribution in [2.24, 2.45) is 5.92 Å². The molecule has 0 bridgehead atoms. The van der Waals surface area contributed by atoms with Crippen molar-refractivity contribution in [2.45, 2.75) is 25.8 Å². The lowest BCUT2D eigenvalue weighted by molar-refractivity contribution is -0.125. The number of methoxy groups -OCH3 is 2. The van der Waals surface area contributed by atoms with E-state index in [9.17, 15) is 14.0 Å². The van der Waals surface area contributed by atoms with Crippen molar-refractivity contribution in [3.8, 4) is 11.5 Å². The Hall–Kier alpha value is -3.09. The molecule has 3 rings (SSSR count). The third-order valence-electron chi connectivity index (χ3n) is 5.30. The Balaban J connectivity index is 1.96. The summed E-state index contributed by atoms with van der Waals surface area (Å²) >= 11 is 0. The number of carbonyl (C=O) groups excluding carboxylic acids is 2. The first-order chi connectivity index (χ1) is 14.3. The Morgan fingerprint density at radius 1 is 1.07 bits per heavy atom. The standard InChI is InChI=1S/C23H27FN2O4/c1-14(2)25-22(27)20-13-26(23(28)15-5-7-16(24)8-6-15)12-19(20)18-11-17(29-3)9-10-21(18)30-4/h5-11,14,19-20H,12-13H2,1-4H3,(H,25,27)/t19-,20-/m0/s1. The maximum absolute atomic E-state index is 13.3. The van der Waals surface area contributed by atoms with Gasteiger partial charge in [0.15, 0.2) is 0 Å². The van der Waals surface area contributed by atoms with Crippen LogP contribution >= 0.6 is 0 Å². The smallest absolute Gasteiger partial charge is 0.253 e. The van der Waals surface area contributed by atoms with Gasteiger partial charge in [0.05, 0.1) is 20.1 Å². The maximum Gasteiger partial charge on any atom is 0.253 e. The first kappa shape index (κ1) is 21.6. The highest BCUT2D eigenvalue weighted by atomic mass is 19.1. The molecule has 0 radical (unpaired) electrons. The van der Waals surface area contributed by atoms with Crippen molar-refractivity contribution in [1.29, 1.82) is 0 Å². The second-order valence-corrected chi connectivity index (χ2v) is 7.70. The van der Waals surface area contributed by atoms with Crippen LogP contribution in [-0.4, -0.2) is 50.1 Å². The van der Waals surface area contributed by atoms with Crippen LogP contribution in [0.25, 0.3) is 0 Å². The summed E-state index contributed by atoms with van der Waals surface area (Å²) in [4.78, 5) is 27.6. The number of hydrogen-bond acceptors (Lipinski definition) is 4. The summed E-state index contributed by atoms with van der Waals surface area (Å²) in [6, 6.07) is 10.9. The molecule has 1 fully saturated rings. The minimum Gasteiger partial charge on any atom is -0.497 e. The maximum atomic E-state index is 13.3. The molecule has 2 atom stereocenters. The zero-order valence-corrected chi connectivity index (χ0v) is 17.6. The van der Waals surface area contributed by atoms with Gasteiger partial charge in [-0.2, -0.15) is 0 Å². The first-order valence-electron chi connectivity index (χ1n) is 9.91. The molecule has 6 nitrogen and oxygen atoms in total. The van der Waals surface area contributed by atoms with Crippen LogP contribution in [0, 0.1) is 11.7 Å². The molecule has 1 N–H and O–H groups in total. The summed E-state index contributed by atoms with van der Waals surface area (Å²) in [5.74, 6) is -0.176. The number of amides is 2. The molecule has 1 aliphatic rings. The number of hydrogen-bond donors (Lipinski definition) is 1. The van der Waals surface area contributed by atoms with E-state index in [2.05, 4.69) is 5.32 Å². The van der Waals surface area contributed by atoms with Crippen molar-refractivity contribution >= 4 is 11.8 Å². The van der Waals surface area contributed by atoms with Gasteiger partial charge in [0.25, 0.3) is 5.91 Å². The van der Waals surface area contributed by atoms with Crippen LogP contribution in [0.4, 0.5) is 4.39 Å². The summed E-state index contributed by atoms with van der Waals surface area (Å²) < 4.78 is 24.1. The highest BCUT2D eigenvalue weighted by Gasteiger charge is 2.42. The zero-order chi connectivity index (χ0) is 21.8. The van der Waals surface area contributed by atoms with E-state index < -0.39 is 11.7 Å². The molecular formula is C23H27FN2O4. The molecule has 0 unspecified atom stereocenters. The molecule has 2 amide bonds. The molecule has 1 aliphatic heterocycles. The van der Waals surface area contributed by atoms with E-state index >= 15 is 0 Å². The molecule has 2 aromatic carbocycles. The van der Waals surface area contributed by atoms with Crippen molar-refractivity contribution < 1.29 is 23.5 Å². The minimum absolute atomic E-state index is 0.0211. The second kappa shape index (κ2) is 9.15. The number of benzene rings is 2. The van der Waals surface area contributed by atoms with Gasteiger partial charge >= 0.3 is 0 Å². The van der Waals surface area contributed by atoms with Crippen LogP contribution in [0.3, 0.4) is 0 Å². The predicted molar refractivity (Wildman–Crippen MR) is 111 cm³/mol. The van der Waals surface area contributed by atoms with Gasteiger partial charge in [0.1, 0.15) is 17.3 Å². The Kier molecular flexibility index (Phi) is 6.59. The van der Waals surface area contributed by atoms with Gasteiger partial charge in [-0.05, 0) is 56.3 Å². The number of nitrogens with one attached hydrogen (secondary N) is 1. The number of nitrogens with zero attached hydrogens (tertiary/aromatic N) is 1. The molecule has 7 heteroatoms. The summed E-state index contributed by atoms with van der Waals surface area (Å²) in [5, 5.41) is 2.96. The largest absolute Gasteiger partial charge is 0.497 e. The highest BCUT2D eigenvalue weighted by Crippen LogP contribution is 2.40. The molecule has 0 aromatic heterocycles. The Labute approximate surface area is 176 Å². The van der Waals surface area contributed by atoms with Crippen LogP contribution in [0.5, 0.6) is 11.5 Å². The number of halogens is 1. The second-order valence-electron chi connectivity index (χ2n) is 7.70. The normalized spacial score (nSPS) is 18.4. The molecule has 2 aromatic rings. The van der Waals surface area contributed by atoms with E-state index in [0.717, 1.165) is 5.56 Å². The molecule has 0 aliphatic carbocycles. The molecule has 160 valence electrons. The van der Waals surface area contributed by atoms with Crippen LogP contribution in [0.1, 0.15) is 35.7 Å². The van der Waals surface area contributed by atoms with E-state index in [1.165, 1.54) is 24.3 Å². The molecule has 1 heterocycles.